The van der Waals surface area contributed by atoms with Gasteiger partial charge in [0.2, 0.25) is 5.91 Å². The fourth-order valence-electron chi connectivity index (χ4n) is 6.33. The molecule has 0 spiro atoms. The highest BCUT2D eigenvalue weighted by Crippen LogP contribution is 2.23. The molecule has 8 atom stereocenters. The Balaban J connectivity index is 1.71. The molecule has 48 heavy (non-hydrogen) atoms. The lowest BCUT2D eigenvalue weighted by Crippen LogP contribution is -2.60. The van der Waals surface area contributed by atoms with E-state index in [1.807, 2.05) is 0 Å². The van der Waals surface area contributed by atoms with Crippen molar-refractivity contribution in [3.05, 3.63) is 35.9 Å². The summed E-state index contributed by atoms with van der Waals surface area (Å²) in [5, 5.41) is 64.7. The van der Waals surface area contributed by atoms with Gasteiger partial charge in [0, 0.05) is 6.42 Å². The van der Waals surface area contributed by atoms with Crippen molar-refractivity contribution in [3.8, 4) is 0 Å². The lowest BCUT2D eigenvalue weighted by molar-refractivity contribution is -0.303. The van der Waals surface area contributed by atoms with Crippen molar-refractivity contribution in [1.82, 2.24) is 5.32 Å². The number of ether oxygens (including phenoxy) is 2. The van der Waals surface area contributed by atoms with Crippen LogP contribution in [0.1, 0.15) is 134 Å². The van der Waals surface area contributed by atoms with Gasteiger partial charge in [-0.15, -0.1) is 0 Å². The number of aliphatic hydroxyl groups is 6. The molecule has 2 unspecified atom stereocenters. The van der Waals surface area contributed by atoms with Crippen LogP contribution < -0.4 is 5.32 Å². The molecule has 1 aliphatic rings. The number of benzene rings is 1. The summed E-state index contributed by atoms with van der Waals surface area (Å²) < 4.78 is 11.1. The number of nitrogens with one attached hydrogen (secondary N) is 1. The van der Waals surface area contributed by atoms with Gasteiger partial charge in [-0.05, 0) is 31.2 Å². The van der Waals surface area contributed by atoms with E-state index >= 15 is 0 Å². The topological polar surface area (TPSA) is 169 Å². The molecule has 2 rings (SSSR count). The molecule has 1 saturated heterocycles. The average Bonchev–Trinajstić information content (AvgIpc) is 3.09. The molecule has 10 heteroatoms. The summed E-state index contributed by atoms with van der Waals surface area (Å²) >= 11 is 0. The minimum absolute atomic E-state index is 0.270. The minimum atomic E-state index is -1.60. The van der Waals surface area contributed by atoms with Gasteiger partial charge in [-0.2, -0.15) is 0 Å². The van der Waals surface area contributed by atoms with E-state index in [-0.39, 0.29) is 18.9 Å². The van der Waals surface area contributed by atoms with Crippen LogP contribution in [0, 0.1) is 0 Å². The van der Waals surface area contributed by atoms with E-state index in [0.717, 1.165) is 51.4 Å². The zero-order valence-corrected chi connectivity index (χ0v) is 29.5. The van der Waals surface area contributed by atoms with E-state index in [1.165, 1.54) is 63.4 Å². The first-order valence-corrected chi connectivity index (χ1v) is 18.9. The highest BCUT2D eigenvalue weighted by atomic mass is 16.7. The number of unbranched alkanes of at least 4 members (excludes halogenated alkanes) is 15. The third-order valence-electron chi connectivity index (χ3n) is 9.51. The number of hydrogen-bond donors (Lipinski definition) is 7. The number of rotatable bonds is 28. The van der Waals surface area contributed by atoms with Crippen LogP contribution in [0.15, 0.2) is 30.3 Å². The van der Waals surface area contributed by atoms with Crippen LogP contribution >= 0.6 is 0 Å². The smallest absolute Gasteiger partial charge is 0.220 e. The third-order valence-corrected chi connectivity index (χ3v) is 9.51. The Morgan fingerprint density at radius 3 is 1.94 bits per heavy atom. The Bertz CT molecular complexity index is 921. The number of aliphatic hydroxyl groups excluding tert-OH is 6. The lowest BCUT2D eigenvalue weighted by atomic mass is 9.98. The van der Waals surface area contributed by atoms with Crippen LogP contribution in [0.5, 0.6) is 0 Å². The molecule has 7 N–H and O–H groups in total. The maximum absolute atomic E-state index is 12.8. The summed E-state index contributed by atoms with van der Waals surface area (Å²) in [7, 11) is 0. The Hall–Kier alpha value is -1.63. The predicted octanol–water partition coefficient (Wildman–Crippen LogP) is 4.68. The average molecular weight is 682 g/mol. The van der Waals surface area contributed by atoms with E-state index in [1.54, 1.807) is 0 Å². The van der Waals surface area contributed by atoms with E-state index in [0.29, 0.717) is 12.8 Å². The Morgan fingerprint density at radius 2 is 1.33 bits per heavy atom. The number of carbonyl (C=O) groups is 1. The van der Waals surface area contributed by atoms with E-state index in [9.17, 15) is 35.4 Å². The molecule has 1 fully saturated rings. The third kappa shape index (κ3) is 17.3. The fraction of sp³-hybridized carbons (Fsp3) is 0.816. The number of hydrogen-bond acceptors (Lipinski definition) is 9. The van der Waals surface area contributed by atoms with E-state index in [4.69, 9.17) is 9.47 Å². The molecule has 1 aliphatic heterocycles. The first-order valence-electron chi connectivity index (χ1n) is 18.9. The van der Waals surface area contributed by atoms with Crippen molar-refractivity contribution in [2.45, 2.75) is 184 Å². The Kier molecular flexibility index (Phi) is 23.2. The van der Waals surface area contributed by atoms with Gasteiger partial charge >= 0.3 is 0 Å². The summed E-state index contributed by atoms with van der Waals surface area (Å²) in [5.74, 6) is -0.270. The normalized spacial score (nSPS) is 23.1. The maximum atomic E-state index is 12.8. The molecule has 10 nitrogen and oxygen atoms in total. The van der Waals surface area contributed by atoms with E-state index < -0.39 is 55.6 Å². The Labute approximate surface area is 289 Å². The Morgan fingerprint density at radius 1 is 0.771 bits per heavy atom. The monoisotopic (exact) mass is 681 g/mol. The summed E-state index contributed by atoms with van der Waals surface area (Å²) in [6.07, 6.45) is 10.9. The van der Waals surface area contributed by atoms with Crippen LogP contribution in [0.2, 0.25) is 0 Å². The van der Waals surface area contributed by atoms with Gasteiger partial charge in [-0.25, -0.2) is 0 Å². The summed E-state index contributed by atoms with van der Waals surface area (Å²) in [6, 6.07) is 9.64. The van der Waals surface area contributed by atoms with Gasteiger partial charge in [0.25, 0.3) is 0 Å². The lowest BCUT2D eigenvalue weighted by Gasteiger charge is -2.40. The van der Waals surface area contributed by atoms with Crippen LogP contribution in [-0.4, -0.2) is 98.7 Å². The van der Waals surface area contributed by atoms with Crippen LogP contribution in [0.4, 0.5) is 0 Å². The standard InChI is InChI=1S/C38H67NO9/c1-2-3-4-5-10-15-21-26-33(42)39-30(28-47-38-37(46)36(45)35(44)32(27-40)48-38)34(43)31(41)25-20-14-12-9-7-6-8-11-13-17-22-29-23-18-16-19-24-29/h16,18-19,23-24,30-32,34-38,40-41,43-46H,2-15,17,20-22,25-28H2,1H3,(H,39,42)/t30-,31+,32?,34-,35-,36-,37?,38-/m0/s1. The van der Waals surface area contributed by atoms with Gasteiger partial charge in [0.15, 0.2) is 6.29 Å². The zero-order chi connectivity index (χ0) is 35.0. The van der Waals surface area contributed by atoms with Crippen molar-refractivity contribution in [2.75, 3.05) is 13.2 Å². The van der Waals surface area contributed by atoms with Gasteiger partial charge in [0.05, 0.1) is 25.4 Å². The van der Waals surface area contributed by atoms with Gasteiger partial charge in [0.1, 0.15) is 30.5 Å². The minimum Gasteiger partial charge on any atom is -0.394 e. The SMILES string of the molecule is CCCCCCCCCC(=O)N[C@@H](CO[C@H]1OC(CO)[C@H](O)[C@H](O)C1O)[C@H](O)[C@H](O)CCCCCCCCCCCCc1ccccc1. The second kappa shape index (κ2) is 26.2. The molecule has 1 heterocycles. The van der Waals surface area contributed by atoms with Crippen molar-refractivity contribution in [3.63, 3.8) is 0 Å². The van der Waals surface area contributed by atoms with Crippen LogP contribution in [-0.2, 0) is 20.7 Å². The molecule has 0 bridgehead atoms. The molecule has 278 valence electrons. The molecule has 1 aromatic carbocycles. The predicted molar refractivity (Wildman–Crippen MR) is 187 cm³/mol. The van der Waals surface area contributed by atoms with Crippen molar-refractivity contribution in [1.29, 1.82) is 0 Å². The molecule has 1 aromatic rings. The highest BCUT2D eigenvalue weighted by molar-refractivity contribution is 5.76. The van der Waals surface area contributed by atoms with Crippen molar-refractivity contribution in [2.24, 2.45) is 0 Å². The van der Waals surface area contributed by atoms with Crippen molar-refractivity contribution < 1.29 is 44.9 Å². The van der Waals surface area contributed by atoms with Gasteiger partial charge in [-0.3, -0.25) is 4.79 Å². The van der Waals surface area contributed by atoms with Crippen molar-refractivity contribution >= 4 is 5.91 Å². The molecule has 0 radical (unpaired) electrons. The first kappa shape index (κ1) is 42.5. The zero-order valence-electron chi connectivity index (χ0n) is 29.5. The summed E-state index contributed by atoms with van der Waals surface area (Å²) in [6.45, 7) is 1.27. The summed E-state index contributed by atoms with van der Waals surface area (Å²) in [5.41, 5.74) is 1.41. The number of carbonyl (C=O) groups excluding carboxylic acids is 1. The molecular formula is C38H67NO9. The molecule has 0 saturated carbocycles. The number of aryl methyl sites for hydroxylation is 1. The molecular weight excluding hydrogens is 614 g/mol. The second-order valence-electron chi connectivity index (χ2n) is 13.7. The molecule has 0 aromatic heterocycles. The van der Waals surface area contributed by atoms with E-state index in [2.05, 4.69) is 42.6 Å². The van der Waals surface area contributed by atoms with Crippen LogP contribution in [0.25, 0.3) is 0 Å². The molecule has 1 amide bonds. The van der Waals surface area contributed by atoms with Crippen LogP contribution in [0.3, 0.4) is 0 Å². The fourth-order valence-corrected chi connectivity index (χ4v) is 6.33. The maximum Gasteiger partial charge on any atom is 0.220 e. The quantitative estimate of drug-likeness (QED) is 0.0621. The summed E-state index contributed by atoms with van der Waals surface area (Å²) in [4.78, 5) is 12.8. The molecule has 0 aliphatic carbocycles. The second-order valence-corrected chi connectivity index (χ2v) is 13.7. The first-order chi connectivity index (χ1) is 23.3. The van der Waals surface area contributed by atoms with Gasteiger partial charge in [-0.1, -0.05) is 134 Å². The van der Waals surface area contributed by atoms with Gasteiger partial charge < -0.3 is 45.4 Å². The highest BCUT2D eigenvalue weighted by Gasteiger charge is 2.44. The number of amides is 1. The largest absolute Gasteiger partial charge is 0.394 e.